The van der Waals surface area contributed by atoms with E-state index in [-0.39, 0.29) is 0 Å². The van der Waals surface area contributed by atoms with Crippen molar-refractivity contribution in [1.82, 2.24) is 0 Å². The highest BCUT2D eigenvalue weighted by Crippen LogP contribution is 2.16. The first-order valence-electron chi connectivity index (χ1n) is 5.81. The van der Waals surface area contributed by atoms with E-state index in [1.807, 2.05) is 49.4 Å². The molecule has 92 valence electrons. The Kier molecular flexibility index (Phi) is 5.06. The molecule has 0 aliphatic heterocycles. The molecule has 0 unspecified atom stereocenters. The predicted octanol–water partition coefficient (Wildman–Crippen LogP) is 4.44. The van der Waals surface area contributed by atoms with Crippen LogP contribution in [0.5, 0.6) is 0 Å². The summed E-state index contributed by atoms with van der Waals surface area (Å²) in [5, 5.41) is 0. The molecule has 0 N–H and O–H groups in total. The van der Waals surface area contributed by atoms with E-state index in [1.54, 1.807) is 7.05 Å². The van der Waals surface area contributed by atoms with E-state index in [2.05, 4.69) is 24.7 Å². The molecule has 0 spiro atoms. The van der Waals surface area contributed by atoms with E-state index in [1.165, 1.54) is 0 Å². The Morgan fingerprint density at radius 1 is 1.17 bits per heavy atom. The largest absolute Gasteiger partial charge is 0.287 e. The van der Waals surface area contributed by atoms with E-state index < -0.39 is 0 Å². The molecular formula is C17H19N. The van der Waals surface area contributed by atoms with Crippen LogP contribution in [0.25, 0.3) is 6.08 Å². The molecule has 0 amide bonds. The van der Waals surface area contributed by atoms with Gasteiger partial charge in [-0.2, -0.15) is 0 Å². The summed E-state index contributed by atoms with van der Waals surface area (Å²) in [5.41, 5.74) is 4.84. The molecule has 0 aliphatic carbocycles. The van der Waals surface area contributed by atoms with Gasteiger partial charge in [0.15, 0.2) is 0 Å². The molecule has 1 rings (SSSR count). The van der Waals surface area contributed by atoms with Crippen molar-refractivity contribution in [1.29, 1.82) is 0 Å². The van der Waals surface area contributed by atoms with Crippen LogP contribution in [0, 0.1) is 0 Å². The first-order chi connectivity index (χ1) is 8.60. The lowest BCUT2D eigenvalue weighted by Crippen LogP contribution is -2.04. The third kappa shape index (κ3) is 3.42. The Labute approximate surface area is 110 Å². The summed E-state index contributed by atoms with van der Waals surface area (Å²) < 4.78 is 0. The van der Waals surface area contributed by atoms with Crippen molar-refractivity contribution in [2.24, 2.45) is 4.99 Å². The number of allylic oxidation sites excluding steroid dienone is 4. The maximum Gasteiger partial charge on any atom is 0.0715 e. The summed E-state index contributed by atoms with van der Waals surface area (Å²) in [6.07, 6.45) is 5.70. The lowest BCUT2D eigenvalue weighted by atomic mass is 9.97. The Hall–Kier alpha value is -2.15. The normalized spacial score (nSPS) is 11.6. The molecule has 0 saturated heterocycles. The maximum absolute atomic E-state index is 4.33. The van der Waals surface area contributed by atoms with Crippen molar-refractivity contribution in [2.45, 2.75) is 6.92 Å². The van der Waals surface area contributed by atoms with Crippen molar-refractivity contribution in [3.8, 4) is 0 Å². The number of benzene rings is 1. The first-order valence-corrected chi connectivity index (χ1v) is 5.81. The first kappa shape index (κ1) is 13.9. The Morgan fingerprint density at radius 3 is 2.39 bits per heavy atom. The summed E-state index contributed by atoms with van der Waals surface area (Å²) in [5.74, 6) is 0. The summed E-state index contributed by atoms with van der Waals surface area (Å²) >= 11 is 0. The van der Waals surface area contributed by atoms with Gasteiger partial charge in [0.25, 0.3) is 0 Å². The van der Waals surface area contributed by atoms with E-state index >= 15 is 0 Å². The van der Waals surface area contributed by atoms with Crippen molar-refractivity contribution < 1.29 is 0 Å². The minimum atomic E-state index is 0.870. The van der Waals surface area contributed by atoms with Gasteiger partial charge in [0.1, 0.15) is 0 Å². The molecule has 1 aromatic carbocycles. The number of hydrogen-bond acceptors (Lipinski definition) is 1. The van der Waals surface area contributed by atoms with Gasteiger partial charge in [-0.15, -0.1) is 0 Å². The monoisotopic (exact) mass is 237 g/mol. The predicted molar refractivity (Wildman–Crippen MR) is 82.1 cm³/mol. The zero-order valence-corrected chi connectivity index (χ0v) is 11.1. The molecule has 1 aromatic rings. The number of hydrogen-bond donors (Lipinski definition) is 0. The summed E-state index contributed by atoms with van der Waals surface area (Å²) in [7, 11) is 1.77. The van der Waals surface area contributed by atoms with Gasteiger partial charge in [0.05, 0.1) is 5.71 Å². The SMILES string of the molecule is C=Cc1ccccc1C(=NC)C(=C)/C=C\C(=C)C. The third-order valence-electron chi connectivity index (χ3n) is 2.53. The Bertz CT molecular complexity index is 530. The van der Waals surface area contributed by atoms with Crippen LogP contribution in [0.2, 0.25) is 0 Å². The van der Waals surface area contributed by atoms with Crippen molar-refractivity contribution in [3.05, 3.63) is 78.4 Å². The summed E-state index contributed by atoms with van der Waals surface area (Å²) in [6, 6.07) is 8.02. The van der Waals surface area contributed by atoms with Gasteiger partial charge in [0.2, 0.25) is 0 Å². The fourth-order valence-electron chi connectivity index (χ4n) is 1.65. The van der Waals surface area contributed by atoms with Crippen LogP contribution in [0.15, 0.2) is 72.3 Å². The molecule has 0 bridgehead atoms. The second kappa shape index (κ2) is 6.55. The lowest BCUT2D eigenvalue weighted by Gasteiger charge is -2.09. The molecule has 0 aromatic heterocycles. The second-order valence-corrected chi connectivity index (χ2v) is 4.07. The van der Waals surface area contributed by atoms with Crippen LogP contribution in [-0.2, 0) is 0 Å². The van der Waals surface area contributed by atoms with Crippen LogP contribution < -0.4 is 0 Å². The highest BCUT2D eigenvalue weighted by Gasteiger charge is 2.07. The van der Waals surface area contributed by atoms with Gasteiger partial charge in [-0.25, -0.2) is 0 Å². The minimum Gasteiger partial charge on any atom is -0.287 e. The average Bonchev–Trinajstić information content (AvgIpc) is 2.37. The van der Waals surface area contributed by atoms with Crippen molar-refractivity contribution >= 4 is 11.8 Å². The van der Waals surface area contributed by atoms with Gasteiger partial charge >= 0.3 is 0 Å². The van der Waals surface area contributed by atoms with Crippen LogP contribution in [-0.4, -0.2) is 12.8 Å². The third-order valence-corrected chi connectivity index (χ3v) is 2.53. The van der Waals surface area contributed by atoms with Crippen LogP contribution in [0.4, 0.5) is 0 Å². The van der Waals surface area contributed by atoms with Gasteiger partial charge in [-0.3, -0.25) is 4.99 Å². The lowest BCUT2D eigenvalue weighted by molar-refractivity contribution is 1.41. The van der Waals surface area contributed by atoms with E-state index in [9.17, 15) is 0 Å². The fourth-order valence-corrected chi connectivity index (χ4v) is 1.65. The van der Waals surface area contributed by atoms with Gasteiger partial charge < -0.3 is 0 Å². The average molecular weight is 237 g/mol. The summed E-state index contributed by atoms with van der Waals surface area (Å²) in [4.78, 5) is 4.33. The number of rotatable bonds is 5. The van der Waals surface area contributed by atoms with Crippen molar-refractivity contribution in [2.75, 3.05) is 7.05 Å². The standard InChI is InChI=1S/C17H19N/c1-6-15-9-7-8-10-16(15)17(18-5)14(4)12-11-13(2)3/h6-12H,1-2,4H2,3,5H3/b12-11-,18-17?. The Balaban J connectivity index is 3.15. The molecule has 0 atom stereocenters. The molecule has 0 fully saturated rings. The second-order valence-electron chi connectivity index (χ2n) is 4.07. The molecule has 0 heterocycles. The van der Waals surface area contributed by atoms with Gasteiger partial charge in [-0.05, 0) is 18.1 Å². The van der Waals surface area contributed by atoms with E-state index in [0.717, 1.165) is 28.0 Å². The molecule has 1 heteroatoms. The van der Waals surface area contributed by atoms with Crippen LogP contribution in [0.3, 0.4) is 0 Å². The number of aliphatic imine (C=N–C) groups is 1. The molecule has 0 aliphatic rings. The van der Waals surface area contributed by atoms with Gasteiger partial charge in [0, 0.05) is 12.6 Å². The molecular weight excluding hydrogens is 218 g/mol. The van der Waals surface area contributed by atoms with Gasteiger partial charge in [-0.1, -0.05) is 67.8 Å². The zero-order chi connectivity index (χ0) is 13.5. The molecule has 1 nitrogen and oxygen atoms in total. The highest BCUT2D eigenvalue weighted by atomic mass is 14.7. The number of nitrogens with zero attached hydrogens (tertiary/aromatic N) is 1. The zero-order valence-electron chi connectivity index (χ0n) is 11.1. The Morgan fingerprint density at radius 2 is 1.83 bits per heavy atom. The molecule has 0 radical (unpaired) electrons. The summed E-state index contributed by atoms with van der Waals surface area (Å²) in [6.45, 7) is 13.7. The topological polar surface area (TPSA) is 12.4 Å². The maximum atomic E-state index is 4.33. The fraction of sp³-hybridized carbons (Fsp3) is 0.118. The molecule has 18 heavy (non-hydrogen) atoms. The highest BCUT2D eigenvalue weighted by molar-refractivity contribution is 6.15. The van der Waals surface area contributed by atoms with Crippen molar-refractivity contribution in [3.63, 3.8) is 0 Å². The van der Waals surface area contributed by atoms with Crippen LogP contribution in [0.1, 0.15) is 18.1 Å². The van der Waals surface area contributed by atoms with Crippen LogP contribution >= 0.6 is 0 Å². The quantitative estimate of drug-likeness (QED) is 0.530. The smallest absolute Gasteiger partial charge is 0.0715 e. The molecule has 0 saturated carbocycles. The van der Waals surface area contributed by atoms with E-state index in [4.69, 9.17) is 0 Å². The van der Waals surface area contributed by atoms with E-state index in [0.29, 0.717) is 0 Å². The minimum absolute atomic E-state index is 0.870.